The number of rotatable bonds is 5. The van der Waals surface area contributed by atoms with Crippen LogP contribution in [0.2, 0.25) is 0 Å². The average molecular weight is 442 g/mol. The van der Waals surface area contributed by atoms with Crippen LogP contribution in [0.5, 0.6) is 0 Å². The van der Waals surface area contributed by atoms with Crippen molar-refractivity contribution in [3.8, 4) is 10.6 Å². The van der Waals surface area contributed by atoms with Crippen LogP contribution in [-0.4, -0.2) is 21.9 Å². The Morgan fingerprint density at radius 1 is 0.750 bits per heavy atom. The van der Waals surface area contributed by atoms with Crippen LogP contribution in [0.1, 0.15) is 48.5 Å². The fourth-order valence-electron chi connectivity index (χ4n) is 3.61. The first-order valence-corrected chi connectivity index (χ1v) is 11.1. The van der Waals surface area contributed by atoms with Gasteiger partial charge in [-0.3, -0.25) is 14.9 Å². The molecule has 1 heterocycles. The van der Waals surface area contributed by atoms with Gasteiger partial charge in [0.1, 0.15) is 5.01 Å². The Balaban J connectivity index is 1.51. The minimum absolute atomic E-state index is 0.0782. The predicted octanol–water partition coefficient (Wildman–Crippen LogP) is 5.92. The lowest BCUT2D eigenvalue weighted by molar-refractivity contribution is 0.102. The van der Waals surface area contributed by atoms with Crippen molar-refractivity contribution >= 4 is 28.2 Å². The summed E-state index contributed by atoms with van der Waals surface area (Å²) in [5, 5.41) is 12.5. The van der Waals surface area contributed by atoms with Crippen LogP contribution in [-0.2, 0) is 0 Å². The molecule has 0 atom stereocenters. The molecule has 0 aliphatic carbocycles. The molecule has 0 fully saturated rings. The zero-order valence-electron chi connectivity index (χ0n) is 18.4. The van der Waals surface area contributed by atoms with Gasteiger partial charge in [0.05, 0.1) is 0 Å². The number of carbonyl (C=O) groups excluding carboxylic acids is 2. The number of benzene rings is 3. The second-order valence-corrected chi connectivity index (χ2v) is 8.75. The van der Waals surface area contributed by atoms with Crippen molar-refractivity contribution in [2.45, 2.75) is 27.7 Å². The van der Waals surface area contributed by atoms with Gasteiger partial charge in [0, 0.05) is 22.3 Å². The van der Waals surface area contributed by atoms with E-state index in [9.17, 15) is 9.59 Å². The van der Waals surface area contributed by atoms with Crippen molar-refractivity contribution in [2.24, 2.45) is 0 Å². The molecular formula is C26H23N3O2S. The van der Waals surface area contributed by atoms with Gasteiger partial charge >= 0.3 is 0 Å². The normalized spacial score (nSPS) is 10.8. The number of anilines is 1. The topological polar surface area (TPSA) is 72.0 Å². The number of aryl methyl sites for hydroxylation is 2. The maximum atomic E-state index is 12.7. The number of aromatic nitrogens is 2. The number of hydrogen-bond acceptors (Lipinski definition) is 5. The molecule has 0 radical (unpaired) electrons. The van der Waals surface area contributed by atoms with Crippen LogP contribution in [0.25, 0.3) is 10.6 Å². The maximum absolute atomic E-state index is 12.7. The van der Waals surface area contributed by atoms with Crippen molar-refractivity contribution in [2.75, 3.05) is 5.32 Å². The molecule has 4 aromatic rings. The van der Waals surface area contributed by atoms with Gasteiger partial charge in [0.2, 0.25) is 5.13 Å². The lowest BCUT2D eigenvalue weighted by Crippen LogP contribution is -2.12. The molecule has 0 saturated heterocycles. The Hall–Kier alpha value is -3.64. The van der Waals surface area contributed by atoms with E-state index in [4.69, 9.17) is 0 Å². The van der Waals surface area contributed by atoms with Crippen LogP contribution < -0.4 is 5.32 Å². The summed E-state index contributed by atoms with van der Waals surface area (Å²) in [6.45, 7) is 8.33. The summed E-state index contributed by atoms with van der Waals surface area (Å²) < 4.78 is 0. The molecule has 0 saturated carbocycles. The molecule has 160 valence electrons. The summed E-state index contributed by atoms with van der Waals surface area (Å²) in [7, 11) is 0. The molecule has 6 heteroatoms. The number of amides is 1. The van der Waals surface area contributed by atoms with Gasteiger partial charge in [0.15, 0.2) is 5.78 Å². The highest BCUT2D eigenvalue weighted by molar-refractivity contribution is 7.18. The van der Waals surface area contributed by atoms with E-state index in [1.165, 1.54) is 33.6 Å². The first-order chi connectivity index (χ1) is 15.3. The van der Waals surface area contributed by atoms with Gasteiger partial charge in [-0.15, -0.1) is 10.2 Å². The van der Waals surface area contributed by atoms with Gasteiger partial charge in [-0.1, -0.05) is 59.9 Å². The molecular weight excluding hydrogens is 418 g/mol. The second-order valence-electron chi connectivity index (χ2n) is 7.77. The lowest BCUT2D eigenvalue weighted by atomic mass is 9.95. The largest absolute Gasteiger partial charge is 0.296 e. The number of hydrogen-bond donors (Lipinski definition) is 1. The molecule has 1 aromatic heterocycles. The highest BCUT2D eigenvalue weighted by Gasteiger charge is 2.17. The van der Waals surface area contributed by atoms with Crippen LogP contribution in [0.3, 0.4) is 0 Å². The number of nitrogens with one attached hydrogen (secondary N) is 1. The monoisotopic (exact) mass is 441 g/mol. The quantitative estimate of drug-likeness (QED) is 0.390. The summed E-state index contributed by atoms with van der Waals surface area (Å²) in [5.41, 5.74) is 7.41. The van der Waals surface area contributed by atoms with E-state index in [0.717, 1.165) is 10.6 Å². The summed E-state index contributed by atoms with van der Waals surface area (Å²) in [5.74, 6) is -0.370. The molecule has 5 nitrogen and oxygen atoms in total. The van der Waals surface area contributed by atoms with Crippen LogP contribution in [0.15, 0.2) is 60.7 Å². The second kappa shape index (κ2) is 8.85. The molecule has 0 aliphatic heterocycles. The van der Waals surface area contributed by atoms with Crippen molar-refractivity contribution in [1.82, 2.24) is 10.2 Å². The zero-order chi connectivity index (χ0) is 22.8. The highest BCUT2D eigenvalue weighted by Crippen LogP contribution is 2.34. The molecule has 0 aliphatic rings. The Kier molecular flexibility index (Phi) is 5.97. The molecule has 0 bridgehead atoms. The molecule has 32 heavy (non-hydrogen) atoms. The number of nitrogens with zero attached hydrogens (tertiary/aromatic N) is 2. The SMILES string of the molecule is Cc1cc(C)c(C)c(-c2nnc(NC(=O)c3ccc(C(=O)c4ccccc4)cc3)s2)c1C. The van der Waals surface area contributed by atoms with Gasteiger partial charge in [-0.2, -0.15) is 0 Å². The molecule has 3 aromatic carbocycles. The fourth-order valence-corrected chi connectivity index (χ4v) is 4.51. The number of carbonyl (C=O) groups is 2. The first-order valence-electron chi connectivity index (χ1n) is 10.3. The van der Waals surface area contributed by atoms with Crippen LogP contribution >= 0.6 is 11.3 Å². The summed E-state index contributed by atoms with van der Waals surface area (Å²) in [4.78, 5) is 25.2. The lowest BCUT2D eigenvalue weighted by Gasteiger charge is -2.12. The Morgan fingerprint density at radius 3 is 1.94 bits per heavy atom. The standard InChI is InChI=1S/C26H23N3O2S/c1-15-14-16(2)18(4)22(17(15)3)25-28-29-26(32-25)27-24(31)21-12-10-20(11-13-21)23(30)19-8-6-5-7-9-19/h5-14H,1-4H3,(H,27,29,31). The van der Waals surface area contributed by atoms with Crippen molar-refractivity contribution < 1.29 is 9.59 Å². The minimum atomic E-state index is -0.291. The van der Waals surface area contributed by atoms with Gasteiger partial charge in [-0.05, 0) is 62.1 Å². The number of ketones is 1. The summed E-state index contributed by atoms with van der Waals surface area (Å²) in [6, 6.07) is 17.9. The third kappa shape index (κ3) is 4.22. The average Bonchev–Trinajstić information content (AvgIpc) is 3.26. The van der Waals surface area contributed by atoms with Crippen molar-refractivity contribution in [3.63, 3.8) is 0 Å². The molecule has 1 N–H and O–H groups in total. The third-order valence-electron chi connectivity index (χ3n) is 5.67. The Labute approximate surface area is 191 Å². The minimum Gasteiger partial charge on any atom is -0.296 e. The van der Waals surface area contributed by atoms with E-state index in [-0.39, 0.29) is 11.7 Å². The zero-order valence-corrected chi connectivity index (χ0v) is 19.2. The van der Waals surface area contributed by atoms with Crippen LogP contribution in [0.4, 0.5) is 5.13 Å². The summed E-state index contributed by atoms with van der Waals surface area (Å²) >= 11 is 1.35. The van der Waals surface area contributed by atoms with E-state index in [1.54, 1.807) is 36.4 Å². The third-order valence-corrected chi connectivity index (χ3v) is 6.53. The van der Waals surface area contributed by atoms with Gasteiger partial charge in [0.25, 0.3) is 5.91 Å². The summed E-state index contributed by atoms with van der Waals surface area (Å²) in [6.07, 6.45) is 0. The smallest absolute Gasteiger partial charge is 0.257 e. The fraction of sp³-hybridized carbons (Fsp3) is 0.154. The van der Waals surface area contributed by atoms with E-state index < -0.39 is 0 Å². The molecule has 1 amide bonds. The maximum Gasteiger partial charge on any atom is 0.257 e. The van der Waals surface area contributed by atoms with Crippen molar-refractivity contribution in [1.29, 1.82) is 0 Å². The predicted molar refractivity (Wildman–Crippen MR) is 129 cm³/mol. The van der Waals surface area contributed by atoms with Gasteiger partial charge in [-0.25, -0.2) is 0 Å². The van der Waals surface area contributed by atoms with Crippen LogP contribution in [0, 0.1) is 27.7 Å². The molecule has 4 rings (SSSR count). The van der Waals surface area contributed by atoms with Crippen molar-refractivity contribution in [3.05, 3.63) is 99.6 Å². The molecule has 0 unspecified atom stereocenters. The Bertz CT molecular complexity index is 1280. The molecule has 0 spiro atoms. The van der Waals surface area contributed by atoms with E-state index in [2.05, 4.69) is 49.3 Å². The van der Waals surface area contributed by atoms with E-state index in [1.807, 2.05) is 18.2 Å². The van der Waals surface area contributed by atoms with E-state index >= 15 is 0 Å². The Morgan fingerprint density at radius 2 is 1.31 bits per heavy atom. The van der Waals surface area contributed by atoms with E-state index in [0.29, 0.717) is 21.8 Å². The van der Waals surface area contributed by atoms with Gasteiger partial charge < -0.3 is 0 Å². The highest BCUT2D eigenvalue weighted by atomic mass is 32.1. The first kappa shape index (κ1) is 21.6.